The van der Waals surface area contributed by atoms with E-state index in [0.717, 1.165) is 0 Å². The maximum atomic E-state index is 14.2. The molecule has 9 heteroatoms. The van der Waals surface area contributed by atoms with E-state index < -0.39 is 57.1 Å². The van der Waals surface area contributed by atoms with Crippen LogP contribution in [0.4, 0.5) is 0 Å². The van der Waals surface area contributed by atoms with Crippen molar-refractivity contribution in [1.82, 2.24) is 0 Å². The van der Waals surface area contributed by atoms with Crippen LogP contribution >= 0.6 is 0 Å². The maximum absolute atomic E-state index is 14.2. The molecule has 0 amide bonds. The zero-order valence-electron chi connectivity index (χ0n) is 24.2. The van der Waals surface area contributed by atoms with E-state index in [1.165, 1.54) is 21.0 Å². The van der Waals surface area contributed by atoms with Gasteiger partial charge >= 0.3 is 23.9 Å². The maximum Gasteiger partial charge on any atom is 0.321 e. The molecular formula is C30H38O9. The molecule has 0 radical (unpaired) electrons. The van der Waals surface area contributed by atoms with Crippen LogP contribution < -0.4 is 0 Å². The Bertz CT molecular complexity index is 1290. The molecule has 0 spiro atoms. The number of methoxy groups -OCH3 is 1. The Morgan fingerprint density at radius 2 is 1.67 bits per heavy atom. The summed E-state index contributed by atoms with van der Waals surface area (Å²) in [6.45, 7) is 13.6. The van der Waals surface area contributed by atoms with Crippen molar-refractivity contribution in [3.8, 4) is 0 Å². The van der Waals surface area contributed by atoms with E-state index in [1.54, 1.807) is 20.8 Å². The number of ether oxygens (including phenoxy) is 4. The van der Waals surface area contributed by atoms with Crippen LogP contribution in [0.5, 0.6) is 0 Å². The Balaban J connectivity index is 1.82. The first-order chi connectivity index (χ1) is 18.0. The van der Waals surface area contributed by atoms with Gasteiger partial charge in [-0.15, -0.1) is 0 Å². The molecule has 0 aromatic rings. The number of esters is 4. The van der Waals surface area contributed by atoms with Gasteiger partial charge in [-0.25, -0.2) is 0 Å². The van der Waals surface area contributed by atoms with Gasteiger partial charge in [0, 0.05) is 42.1 Å². The zero-order valence-corrected chi connectivity index (χ0v) is 24.2. The molecule has 8 atom stereocenters. The number of hydrogen-bond donors (Lipinski definition) is 0. The van der Waals surface area contributed by atoms with Crippen LogP contribution in [0.2, 0.25) is 0 Å². The van der Waals surface area contributed by atoms with Crippen LogP contribution in [0.15, 0.2) is 23.0 Å². The SMILES string of the molecule is COC(=O)[C@@]12C(OC(C)=O)=C(C)C(=O)[C@]1(C)C(C)=C[C@@H]1[C@]34CC[C@H](OC(C)=O)C(C)(C)[C@H]3[C@H](C[C@@]12C)OC4=O. The number of ketones is 1. The average Bonchev–Trinajstić information content (AvgIpc) is 3.17. The van der Waals surface area contributed by atoms with E-state index in [4.69, 9.17) is 18.9 Å². The fourth-order valence-corrected chi connectivity index (χ4v) is 9.85. The molecule has 9 nitrogen and oxygen atoms in total. The molecule has 5 aliphatic rings. The molecule has 0 aromatic carbocycles. The van der Waals surface area contributed by atoms with Gasteiger partial charge in [-0.2, -0.15) is 0 Å². The quantitative estimate of drug-likeness (QED) is 0.297. The highest BCUT2D eigenvalue weighted by Crippen LogP contribution is 2.79. The highest BCUT2D eigenvalue weighted by atomic mass is 16.6. The molecule has 0 unspecified atom stereocenters. The minimum absolute atomic E-state index is 0.00357. The number of fused-ring (bicyclic) bond motifs is 3. The van der Waals surface area contributed by atoms with Crippen LogP contribution in [0.1, 0.15) is 74.7 Å². The van der Waals surface area contributed by atoms with Crippen molar-refractivity contribution in [3.05, 3.63) is 23.0 Å². The van der Waals surface area contributed by atoms with E-state index in [0.29, 0.717) is 18.4 Å². The third kappa shape index (κ3) is 2.84. The number of allylic oxidation sites excluding steroid dienone is 3. The monoisotopic (exact) mass is 542 g/mol. The van der Waals surface area contributed by atoms with E-state index >= 15 is 0 Å². The van der Waals surface area contributed by atoms with Crippen molar-refractivity contribution in [1.29, 1.82) is 0 Å². The molecule has 212 valence electrons. The molecule has 2 bridgehead atoms. The van der Waals surface area contributed by atoms with Gasteiger partial charge < -0.3 is 18.9 Å². The smallest absolute Gasteiger partial charge is 0.321 e. The molecule has 3 fully saturated rings. The van der Waals surface area contributed by atoms with Gasteiger partial charge in [0.25, 0.3) is 0 Å². The van der Waals surface area contributed by atoms with Crippen LogP contribution in [-0.2, 0) is 42.9 Å². The van der Waals surface area contributed by atoms with Crippen molar-refractivity contribution in [3.63, 3.8) is 0 Å². The van der Waals surface area contributed by atoms with Crippen molar-refractivity contribution in [2.45, 2.75) is 86.9 Å². The molecule has 5 rings (SSSR count). The van der Waals surface area contributed by atoms with Gasteiger partial charge in [-0.3, -0.25) is 24.0 Å². The second-order valence-electron chi connectivity index (χ2n) is 13.1. The van der Waals surface area contributed by atoms with Crippen LogP contribution in [0, 0.1) is 38.9 Å². The van der Waals surface area contributed by atoms with Crippen molar-refractivity contribution >= 4 is 29.7 Å². The minimum Gasteiger partial charge on any atom is -0.468 e. The minimum atomic E-state index is -1.70. The first-order valence-corrected chi connectivity index (χ1v) is 13.6. The van der Waals surface area contributed by atoms with E-state index in [9.17, 15) is 24.0 Å². The molecule has 1 aliphatic heterocycles. The number of Topliss-reactive ketones (excluding diaryl/α,β-unsaturated/α-hetero) is 1. The van der Waals surface area contributed by atoms with Crippen LogP contribution in [-0.4, -0.2) is 49.0 Å². The number of hydrogen-bond acceptors (Lipinski definition) is 9. The molecule has 39 heavy (non-hydrogen) atoms. The molecular weight excluding hydrogens is 504 g/mol. The fourth-order valence-electron chi connectivity index (χ4n) is 9.85. The lowest BCUT2D eigenvalue weighted by Gasteiger charge is -2.66. The van der Waals surface area contributed by atoms with Crippen molar-refractivity contribution in [2.24, 2.45) is 38.9 Å². The summed E-state index contributed by atoms with van der Waals surface area (Å²) in [6.07, 6.45) is 2.02. The Morgan fingerprint density at radius 3 is 2.23 bits per heavy atom. The third-order valence-electron chi connectivity index (χ3n) is 11.2. The van der Waals surface area contributed by atoms with Crippen LogP contribution in [0.3, 0.4) is 0 Å². The summed E-state index contributed by atoms with van der Waals surface area (Å²) in [6, 6.07) is 0. The predicted molar refractivity (Wildman–Crippen MR) is 136 cm³/mol. The molecule has 1 saturated heterocycles. The summed E-state index contributed by atoms with van der Waals surface area (Å²) < 4.78 is 23.1. The summed E-state index contributed by atoms with van der Waals surface area (Å²) in [7, 11) is 1.26. The van der Waals surface area contributed by atoms with E-state index in [1.807, 2.05) is 26.8 Å². The van der Waals surface area contributed by atoms with Gasteiger partial charge in [0.15, 0.2) is 5.78 Å². The first-order valence-electron chi connectivity index (χ1n) is 13.6. The predicted octanol–water partition coefficient (Wildman–Crippen LogP) is 3.84. The standard InChI is InChI=1S/C30H38O9/c1-14-12-19-27(7,30(25(35)36-9)23(38-17(4)32)15(2)22(33)28(14,30)8)13-18-21-26(5,6)20(37-16(3)31)10-11-29(19,21)24(34)39-18/h12,18-21H,10-11,13H2,1-9H3/t18-,19-,20-,21+,27-,28-,29+,30+/m0/s1. The van der Waals surface area contributed by atoms with Gasteiger partial charge in [0.05, 0.1) is 17.9 Å². The summed E-state index contributed by atoms with van der Waals surface area (Å²) in [5, 5.41) is 0. The lowest BCUT2D eigenvalue weighted by atomic mass is 9.33. The van der Waals surface area contributed by atoms with Crippen LogP contribution in [0.25, 0.3) is 0 Å². The van der Waals surface area contributed by atoms with E-state index in [2.05, 4.69) is 0 Å². The second-order valence-corrected chi connectivity index (χ2v) is 13.1. The number of rotatable bonds is 3. The Kier molecular flexibility index (Phi) is 5.69. The topological polar surface area (TPSA) is 122 Å². The molecule has 2 saturated carbocycles. The van der Waals surface area contributed by atoms with Gasteiger partial charge in [0.2, 0.25) is 0 Å². The Hall–Kier alpha value is -2.97. The normalized spacial score (nSPS) is 43.5. The summed E-state index contributed by atoms with van der Waals surface area (Å²) in [5.41, 5.74) is -5.02. The number of carbonyl (C=O) groups excluding carboxylic acids is 5. The first kappa shape index (κ1) is 27.6. The lowest BCUT2D eigenvalue weighted by Crippen LogP contribution is -2.71. The summed E-state index contributed by atoms with van der Waals surface area (Å²) in [5.74, 6) is -3.21. The zero-order chi connectivity index (χ0) is 29.1. The largest absolute Gasteiger partial charge is 0.468 e. The van der Waals surface area contributed by atoms with Gasteiger partial charge in [0.1, 0.15) is 23.4 Å². The molecule has 0 aromatic heterocycles. The molecule has 4 aliphatic carbocycles. The Morgan fingerprint density at radius 1 is 1.03 bits per heavy atom. The number of carbonyl (C=O) groups is 5. The van der Waals surface area contributed by atoms with E-state index in [-0.39, 0.29) is 41.4 Å². The Labute approximate surface area is 228 Å². The van der Waals surface area contributed by atoms with Crippen molar-refractivity contribution < 1.29 is 42.9 Å². The fraction of sp³-hybridized carbons (Fsp3) is 0.700. The summed E-state index contributed by atoms with van der Waals surface area (Å²) >= 11 is 0. The highest BCUT2D eigenvalue weighted by Gasteiger charge is 2.85. The highest BCUT2D eigenvalue weighted by molar-refractivity contribution is 6.12. The van der Waals surface area contributed by atoms with Crippen molar-refractivity contribution in [2.75, 3.05) is 7.11 Å². The average molecular weight is 543 g/mol. The molecule has 1 heterocycles. The third-order valence-corrected chi connectivity index (χ3v) is 11.2. The molecule has 0 N–H and O–H groups in total. The second kappa shape index (κ2) is 8.04. The summed E-state index contributed by atoms with van der Waals surface area (Å²) in [4.78, 5) is 66.6. The van der Waals surface area contributed by atoms with Gasteiger partial charge in [-0.05, 0) is 40.0 Å². The van der Waals surface area contributed by atoms with Gasteiger partial charge in [-0.1, -0.05) is 32.4 Å². The lowest BCUT2D eigenvalue weighted by molar-refractivity contribution is -0.218.